The van der Waals surface area contributed by atoms with E-state index in [0.29, 0.717) is 46.8 Å². The first-order valence-electron chi connectivity index (χ1n) is 25.5. The van der Waals surface area contributed by atoms with Gasteiger partial charge < -0.3 is 29.7 Å². The van der Waals surface area contributed by atoms with Crippen molar-refractivity contribution in [2.45, 2.75) is 96.2 Å². The van der Waals surface area contributed by atoms with Gasteiger partial charge in [0.1, 0.15) is 24.8 Å². The summed E-state index contributed by atoms with van der Waals surface area (Å²) in [5.74, 6) is 1.01. The van der Waals surface area contributed by atoms with E-state index in [4.69, 9.17) is 14.7 Å². The number of nitrogens with one attached hydrogen (secondary N) is 3. The normalized spacial score (nSPS) is 20.2. The van der Waals surface area contributed by atoms with Crippen LogP contribution in [-0.4, -0.2) is 117 Å². The lowest BCUT2D eigenvalue weighted by atomic mass is 10.00. The van der Waals surface area contributed by atoms with E-state index in [2.05, 4.69) is 89.7 Å². The molecule has 6 aromatic rings. The smallest absolute Gasteiger partial charge is 0.330 e. The molecule has 1 aliphatic carbocycles. The van der Waals surface area contributed by atoms with E-state index >= 15 is 0 Å². The van der Waals surface area contributed by atoms with Crippen LogP contribution < -0.4 is 36.6 Å². The van der Waals surface area contributed by atoms with Crippen molar-refractivity contribution in [2.75, 3.05) is 80.8 Å². The van der Waals surface area contributed by atoms with Gasteiger partial charge in [0.2, 0.25) is 17.8 Å². The third-order valence-corrected chi connectivity index (χ3v) is 19.5. The lowest BCUT2D eigenvalue weighted by Gasteiger charge is -2.43. The van der Waals surface area contributed by atoms with Crippen LogP contribution in [0.1, 0.15) is 87.2 Å². The molecule has 4 saturated heterocycles. The van der Waals surface area contributed by atoms with Crippen LogP contribution in [-0.2, 0) is 27.0 Å². The number of piperidine rings is 2. The summed E-state index contributed by atoms with van der Waals surface area (Å²) in [6, 6.07) is 18.5. The second-order valence-corrected chi connectivity index (χ2v) is 24.0. The Bertz CT molecular complexity index is 3150. The zero-order valence-electron chi connectivity index (χ0n) is 40.9. The number of ether oxygens (including phenoxy) is 1. The molecule has 5 fully saturated rings. The summed E-state index contributed by atoms with van der Waals surface area (Å²) in [4.78, 5) is 60.9. The van der Waals surface area contributed by atoms with Gasteiger partial charge in [0.25, 0.3) is 0 Å². The minimum Gasteiger partial charge on any atom is -0.494 e. The van der Waals surface area contributed by atoms with Crippen LogP contribution >= 0.6 is 23.1 Å². The van der Waals surface area contributed by atoms with E-state index in [9.17, 15) is 18.9 Å². The van der Waals surface area contributed by atoms with Gasteiger partial charge in [-0.15, -0.1) is 0 Å². The first kappa shape index (κ1) is 47.7. The fourth-order valence-corrected chi connectivity index (χ4v) is 15.3. The molecule has 71 heavy (non-hydrogen) atoms. The largest absolute Gasteiger partial charge is 0.494 e. The summed E-state index contributed by atoms with van der Waals surface area (Å²) in [5.41, 5.74) is 8.48. The van der Waals surface area contributed by atoms with Gasteiger partial charge in [0.05, 0.1) is 39.5 Å². The Hall–Kier alpha value is -5.61. The number of carbonyl (C=O) groups is 2. The molecule has 5 aliphatic rings. The van der Waals surface area contributed by atoms with Crippen LogP contribution in [0.4, 0.5) is 28.8 Å². The average molecular weight is 1050 g/mol. The number of anilines is 5. The van der Waals surface area contributed by atoms with Gasteiger partial charge in [-0.05, 0) is 122 Å². The molecule has 4 aliphatic heterocycles. The molecule has 1 saturated carbocycles. The molecule has 18 heteroatoms. The van der Waals surface area contributed by atoms with Crippen molar-refractivity contribution < 1.29 is 18.9 Å². The van der Waals surface area contributed by atoms with Crippen molar-refractivity contribution in [2.24, 2.45) is 0 Å². The number of para-hydroxylation sites is 1. The van der Waals surface area contributed by atoms with E-state index in [1.807, 2.05) is 34.9 Å². The second-order valence-electron chi connectivity index (χ2n) is 20.1. The summed E-state index contributed by atoms with van der Waals surface area (Å²) in [7, 11) is -0.949. The summed E-state index contributed by atoms with van der Waals surface area (Å²) in [5, 5.41) is 11.2. The highest BCUT2D eigenvalue weighted by atomic mass is 79.9. The number of nitrogens with zero attached hydrogens (tertiary/aromatic N) is 8. The van der Waals surface area contributed by atoms with Crippen molar-refractivity contribution in [3.05, 3.63) is 92.6 Å². The number of hydrogen-bond acceptors (Lipinski definition) is 13. The minimum atomic E-state index is -2.64. The molecule has 1 atom stereocenters. The maximum absolute atomic E-state index is 14.5. The first-order valence-corrected chi connectivity index (χ1v) is 28.4. The molecule has 16 nitrogen and oxygen atoms in total. The predicted molar refractivity (Wildman–Crippen MR) is 284 cm³/mol. The van der Waals surface area contributed by atoms with Crippen LogP contribution in [0.15, 0.2) is 70.1 Å². The third-order valence-electron chi connectivity index (χ3n) is 15.6. The third kappa shape index (κ3) is 9.39. The fourth-order valence-electron chi connectivity index (χ4n) is 11.7. The van der Waals surface area contributed by atoms with Gasteiger partial charge >= 0.3 is 5.69 Å². The maximum Gasteiger partial charge on any atom is 0.330 e. The van der Waals surface area contributed by atoms with Gasteiger partial charge in [-0.1, -0.05) is 25.1 Å². The predicted octanol–water partition coefficient (Wildman–Crippen LogP) is 8.19. The first-order chi connectivity index (χ1) is 34.5. The lowest BCUT2D eigenvalue weighted by molar-refractivity contribution is -0.135. The Morgan fingerprint density at radius 3 is 2.38 bits per heavy atom. The summed E-state index contributed by atoms with van der Waals surface area (Å²) in [6.45, 7) is 11.1. The van der Waals surface area contributed by atoms with Crippen LogP contribution in [0.2, 0.25) is 0 Å². The van der Waals surface area contributed by atoms with E-state index in [-0.39, 0.29) is 30.0 Å². The monoisotopic (exact) mass is 1040 g/mol. The van der Waals surface area contributed by atoms with E-state index in [0.717, 1.165) is 158 Å². The van der Waals surface area contributed by atoms with Gasteiger partial charge in [-0.2, -0.15) is 4.98 Å². The highest BCUT2D eigenvalue weighted by molar-refractivity contribution is 9.10. The number of imidazole rings is 1. The number of benzene rings is 3. The molecule has 3 aromatic carbocycles. The molecule has 1 unspecified atom stereocenters. The summed E-state index contributed by atoms with van der Waals surface area (Å²) >= 11 is 3.67. The van der Waals surface area contributed by atoms with Crippen LogP contribution in [0.25, 0.3) is 21.9 Å². The molecule has 0 bridgehead atoms. The number of aryl methyl sites for hydroxylation is 2. The molecule has 0 spiro atoms. The number of imide groups is 1. The Labute approximate surface area is 422 Å². The van der Waals surface area contributed by atoms with Crippen molar-refractivity contribution >= 4 is 91.0 Å². The second kappa shape index (κ2) is 19.8. The number of methoxy groups -OCH3 is 1. The van der Waals surface area contributed by atoms with Gasteiger partial charge in [0.15, 0.2) is 0 Å². The molecule has 2 amide bonds. The SMILES string of the molecule is CCc1ccc2c(P3(=O)CCCC3)c(Nc3nc(Nc4cc(C)c(N5CCC(N6CCN(CCc7cccc8c7n(C7CC7)c(=O)n8C7CCC(=O)NC7=O)CC6)CC5)cc4OC)ncc3Br)ccc2n1. The van der Waals surface area contributed by atoms with Gasteiger partial charge in [-0.3, -0.25) is 33.9 Å². The Morgan fingerprint density at radius 1 is 0.859 bits per heavy atom. The van der Waals surface area contributed by atoms with Gasteiger partial charge in [0, 0.05) is 111 Å². The number of hydrogen-bond donors (Lipinski definition) is 3. The number of pyridine rings is 1. The van der Waals surface area contributed by atoms with E-state index in [1.54, 1.807) is 17.9 Å². The highest BCUT2D eigenvalue weighted by Gasteiger charge is 2.37. The van der Waals surface area contributed by atoms with E-state index < -0.39 is 13.2 Å². The summed E-state index contributed by atoms with van der Waals surface area (Å²) < 4.78 is 24.8. The van der Waals surface area contributed by atoms with Crippen LogP contribution in [0.5, 0.6) is 5.75 Å². The molecule has 7 heterocycles. The standard InChI is InChI=1S/C53H63BrN11O5P/c1-4-35-10-13-38-40(56-35)14-15-41(49(38)71(69)28-5-6-29-71)57-50-39(54)32-55-52(60-50)58-42-30-33(2)45(31-46(42)70-3)63-22-19-36(20-23-63)62-26-24-61(25-27-62)21-18-34-8-7-9-43-48(34)64(37-11-12-37)53(68)65(43)44-16-17-47(66)59-51(44)67/h7-10,13-15,30-32,36-37,44H,4-6,11-12,16-29H2,1-3H3,(H,59,66,67)(H2,55,57,58,60). The molecule has 11 rings (SSSR count). The zero-order valence-corrected chi connectivity index (χ0v) is 43.4. The molecule has 0 radical (unpaired) electrons. The van der Waals surface area contributed by atoms with Crippen LogP contribution in [0, 0.1) is 6.92 Å². The average Bonchev–Trinajstić information content (AvgIpc) is 4.04. The van der Waals surface area contributed by atoms with Crippen molar-refractivity contribution in [1.82, 2.24) is 39.2 Å². The Kier molecular flexibility index (Phi) is 13.3. The number of piperazine rings is 1. The Balaban J connectivity index is 0.718. The zero-order chi connectivity index (χ0) is 49.0. The van der Waals surface area contributed by atoms with Crippen LogP contribution in [0.3, 0.4) is 0 Å². The molecule has 372 valence electrons. The summed E-state index contributed by atoms with van der Waals surface area (Å²) in [6.07, 6.45) is 11.4. The van der Waals surface area contributed by atoms with Crippen molar-refractivity contribution in [1.29, 1.82) is 0 Å². The highest BCUT2D eigenvalue weighted by Crippen LogP contribution is 2.54. The molecule has 3 aromatic heterocycles. The number of halogens is 1. The van der Waals surface area contributed by atoms with Crippen molar-refractivity contribution in [3.8, 4) is 5.75 Å². The molecular formula is C53H63BrN11O5P. The number of amides is 2. The lowest BCUT2D eigenvalue weighted by Crippen LogP contribution is -2.53. The van der Waals surface area contributed by atoms with Gasteiger partial charge in [-0.25, -0.2) is 9.78 Å². The molecular weight excluding hydrogens is 982 g/mol. The number of fused-ring (bicyclic) bond motifs is 2. The fraction of sp³-hybridized carbons (Fsp3) is 0.472. The maximum atomic E-state index is 14.5. The topological polar surface area (TPSA) is 172 Å². The molecule has 3 N–H and O–H groups in total. The van der Waals surface area contributed by atoms with E-state index in [1.165, 1.54) is 0 Å². The number of rotatable bonds is 14. The Morgan fingerprint density at radius 2 is 1.65 bits per heavy atom. The number of aromatic nitrogens is 5. The number of carbonyl (C=O) groups excluding carboxylic acids is 2. The minimum absolute atomic E-state index is 0.140. The quantitative estimate of drug-likeness (QED) is 0.0705. The van der Waals surface area contributed by atoms with Crippen molar-refractivity contribution in [3.63, 3.8) is 0 Å².